The minimum Gasteiger partial charge on any atom is -0.477 e. The molecule has 1 amide bonds. The fourth-order valence-corrected chi connectivity index (χ4v) is 4.64. The van der Waals surface area contributed by atoms with Gasteiger partial charge in [-0.25, -0.2) is 14.8 Å². The number of piperidine rings is 1. The molecule has 0 saturated carbocycles. The van der Waals surface area contributed by atoms with Crippen LogP contribution >= 0.6 is 22.9 Å². The number of aromatic amines is 1. The van der Waals surface area contributed by atoms with Crippen molar-refractivity contribution in [1.29, 1.82) is 0 Å². The number of carboxylic acids is 1. The van der Waals surface area contributed by atoms with E-state index in [0.717, 1.165) is 5.69 Å². The van der Waals surface area contributed by atoms with Crippen molar-refractivity contribution < 1.29 is 19.4 Å². The number of halogens is 1. The number of hydrogen-bond donors (Lipinski definition) is 3. The van der Waals surface area contributed by atoms with Crippen LogP contribution in [-0.2, 0) is 17.6 Å². The third kappa shape index (κ3) is 4.54. The van der Waals surface area contributed by atoms with E-state index >= 15 is 0 Å². The van der Waals surface area contributed by atoms with Gasteiger partial charge in [0.1, 0.15) is 4.88 Å². The zero-order valence-corrected chi connectivity index (χ0v) is 18.1. The summed E-state index contributed by atoms with van der Waals surface area (Å²) in [4.78, 5) is 37.8. The summed E-state index contributed by atoms with van der Waals surface area (Å²) in [6.07, 6.45) is 1.57. The molecule has 11 heteroatoms. The van der Waals surface area contributed by atoms with E-state index < -0.39 is 5.97 Å². The Balaban J connectivity index is 1.69. The molecule has 3 heterocycles. The van der Waals surface area contributed by atoms with Gasteiger partial charge in [-0.3, -0.25) is 4.79 Å². The third-order valence-electron chi connectivity index (χ3n) is 4.96. The van der Waals surface area contributed by atoms with E-state index in [1.807, 2.05) is 18.7 Å². The fourth-order valence-electron chi connectivity index (χ4n) is 3.34. The first-order valence-electron chi connectivity index (χ1n) is 9.43. The lowest BCUT2D eigenvalue weighted by atomic mass is 10.0. The summed E-state index contributed by atoms with van der Waals surface area (Å²) in [6, 6.07) is -0.206. The maximum absolute atomic E-state index is 12.6. The summed E-state index contributed by atoms with van der Waals surface area (Å²) < 4.78 is 5.60. The molecule has 2 aromatic rings. The number of nitrogens with one attached hydrogen (secondary N) is 2. The van der Waals surface area contributed by atoms with Gasteiger partial charge in [0.25, 0.3) is 5.91 Å². The molecule has 1 saturated heterocycles. The molecular formula is C18H24ClN5O4S. The molecule has 0 unspecified atom stereocenters. The van der Waals surface area contributed by atoms with Gasteiger partial charge in [-0.05, 0) is 19.3 Å². The predicted octanol–water partition coefficient (Wildman–Crippen LogP) is 2.37. The molecule has 1 aliphatic rings. The Morgan fingerprint density at radius 1 is 1.38 bits per heavy atom. The van der Waals surface area contributed by atoms with Crippen LogP contribution in [0.5, 0.6) is 0 Å². The van der Waals surface area contributed by atoms with Gasteiger partial charge in [-0.2, -0.15) is 0 Å². The zero-order chi connectivity index (χ0) is 21.1. The number of carbonyl (C=O) groups is 2. The van der Waals surface area contributed by atoms with Crippen molar-refractivity contribution in [2.24, 2.45) is 0 Å². The Kier molecular flexibility index (Phi) is 6.76. The lowest BCUT2D eigenvalue weighted by molar-refractivity contribution is 0.0538. The Morgan fingerprint density at radius 3 is 2.69 bits per heavy atom. The molecule has 0 aliphatic carbocycles. The van der Waals surface area contributed by atoms with Gasteiger partial charge in [0.2, 0.25) is 0 Å². The predicted molar refractivity (Wildman–Crippen MR) is 110 cm³/mol. The monoisotopic (exact) mass is 441 g/mol. The number of carboxylic acid groups (broad SMARTS) is 1. The number of methoxy groups -OCH3 is 1. The van der Waals surface area contributed by atoms with Crippen LogP contribution in [0.2, 0.25) is 5.15 Å². The van der Waals surface area contributed by atoms with Gasteiger partial charge in [-0.15, -0.1) is 0 Å². The van der Waals surface area contributed by atoms with E-state index in [9.17, 15) is 14.7 Å². The number of imidazole rings is 1. The minimum absolute atomic E-state index is 0.183. The minimum atomic E-state index is -0.959. The highest BCUT2D eigenvalue weighted by Crippen LogP contribution is 2.29. The fraction of sp³-hybridized carbons (Fsp3) is 0.556. The van der Waals surface area contributed by atoms with Gasteiger partial charge in [0.15, 0.2) is 16.1 Å². The largest absolute Gasteiger partial charge is 0.477 e. The maximum Gasteiger partial charge on any atom is 0.347 e. The van der Waals surface area contributed by atoms with Crippen molar-refractivity contribution >= 4 is 39.9 Å². The summed E-state index contributed by atoms with van der Waals surface area (Å²) in [5.74, 6) is -1.11. The normalized spacial score (nSPS) is 19.4. The van der Waals surface area contributed by atoms with Crippen molar-refractivity contribution in [3.05, 3.63) is 27.2 Å². The van der Waals surface area contributed by atoms with E-state index in [0.29, 0.717) is 48.3 Å². The molecule has 0 radical (unpaired) electrons. The average molecular weight is 442 g/mol. The number of aromatic nitrogens is 3. The van der Waals surface area contributed by atoms with Gasteiger partial charge >= 0.3 is 5.97 Å². The molecule has 3 N–H and O–H groups in total. The number of thiazole rings is 1. The van der Waals surface area contributed by atoms with Gasteiger partial charge in [-0.1, -0.05) is 36.8 Å². The van der Waals surface area contributed by atoms with E-state index in [1.54, 1.807) is 7.11 Å². The second-order valence-electron chi connectivity index (χ2n) is 6.73. The highest BCUT2D eigenvalue weighted by atomic mass is 35.5. The maximum atomic E-state index is 12.6. The van der Waals surface area contributed by atoms with E-state index in [1.165, 1.54) is 11.3 Å². The Bertz CT molecular complexity index is 899. The highest BCUT2D eigenvalue weighted by molar-refractivity contribution is 7.17. The van der Waals surface area contributed by atoms with Crippen LogP contribution in [0.1, 0.15) is 51.9 Å². The van der Waals surface area contributed by atoms with Crippen molar-refractivity contribution in [3.8, 4) is 0 Å². The van der Waals surface area contributed by atoms with Crippen molar-refractivity contribution in [3.63, 3.8) is 0 Å². The molecule has 158 valence electrons. The number of ether oxygens (including phenoxy) is 1. The number of nitrogens with zero attached hydrogens (tertiary/aromatic N) is 3. The highest BCUT2D eigenvalue weighted by Gasteiger charge is 2.33. The molecular weight excluding hydrogens is 418 g/mol. The van der Waals surface area contributed by atoms with E-state index in [-0.39, 0.29) is 28.8 Å². The van der Waals surface area contributed by atoms with Gasteiger partial charge in [0.05, 0.1) is 23.5 Å². The molecule has 0 bridgehead atoms. The van der Waals surface area contributed by atoms with Gasteiger partial charge in [0, 0.05) is 20.2 Å². The topological polar surface area (TPSA) is 120 Å². The lowest BCUT2D eigenvalue weighted by Gasteiger charge is -2.37. The number of anilines is 1. The SMILES string of the molecule is CCc1nc(N2CC[C@@H](NC(=O)c3nc(Cl)c(CC)[nH]3)[C@@H](OC)C2)sc1C(=O)O. The number of carbonyl (C=O) groups excluding carboxylic acids is 1. The standard InChI is InChI=1S/C18H24ClN5O4S/c1-4-9-13(17(26)27)29-18(22-9)24-7-6-11(12(8-24)28-3)21-16(25)15-20-10(5-2)14(19)23-15/h11-12H,4-8H2,1-3H3,(H,20,23)(H,21,25)(H,26,27)/t11-,12+/m1/s1. The first-order chi connectivity index (χ1) is 13.9. The Hall–Kier alpha value is -2.17. The number of aryl methyl sites for hydroxylation is 2. The lowest BCUT2D eigenvalue weighted by Crippen LogP contribution is -2.55. The number of aromatic carboxylic acids is 1. The van der Waals surface area contributed by atoms with Gasteiger partial charge < -0.3 is 25.0 Å². The molecule has 2 atom stereocenters. The molecule has 1 fully saturated rings. The molecule has 29 heavy (non-hydrogen) atoms. The molecule has 0 aromatic carbocycles. The van der Waals surface area contributed by atoms with E-state index in [4.69, 9.17) is 16.3 Å². The first-order valence-corrected chi connectivity index (χ1v) is 10.6. The van der Waals surface area contributed by atoms with Crippen LogP contribution in [0.25, 0.3) is 0 Å². The number of rotatable bonds is 7. The van der Waals surface area contributed by atoms with Crippen LogP contribution in [0, 0.1) is 0 Å². The van der Waals surface area contributed by atoms with Crippen LogP contribution in [0.4, 0.5) is 5.13 Å². The molecule has 9 nitrogen and oxygen atoms in total. The van der Waals surface area contributed by atoms with Crippen LogP contribution in [-0.4, -0.2) is 64.3 Å². The summed E-state index contributed by atoms with van der Waals surface area (Å²) in [7, 11) is 1.59. The second-order valence-corrected chi connectivity index (χ2v) is 8.06. The molecule has 2 aromatic heterocycles. The van der Waals surface area contributed by atoms with E-state index in [2.05, 4.69) is 20.3 Å². The number of H-pyrrole nitrogens is 1. The molecule has 0 spiro atoms. The number of hydrogen-bond acceptors (Lipinski definition) is 7. The van der Waals surface area contributed by atoms with Crippen LogP contribution in [0.3, 0.4) is 0 Å². The quantitative estimate of drug-likeness (QED) is 0.603. The number of amides is 1. The Morgan fingerprint density at radius 2 is 2.14 bits per heavy atom. The molecule has 1 aliphatic heterocycles. The average Bonchev–Trinajstić information content (AvgIpc) is 3.31. The Labute approximate surface area is 177 Å². The van der Waals surface area contributed by atoms with Crippen molar-refractivity contribution in [1.82, 2.24) is 20.3 Å². The smallest absolute Gasteiger partial charge is 0.347 e. The summed E-state index contributed by atoms with van der Waals surface area (Å²) >= 11 is 7.20. The first kappa shape index (κ1) is 21.5. The summed E-state index contributed by atoms with van der Waals surface area (Å²) in [5, 5.41) is 13.3. The van der Waals surface area contributed by atoms with Crippen molar-refractivity contribution in [2.45, 2.75) is 45.3 Å². The van der Waals surface area contributed by atoms with Crippen molar-refractivity contribution in [2.75, 3.05) is 25.1 Å². The second kappa shape index (κ2) is 9.10. The zero-order valence-electron chi connectivity index (χ0n) is 16.5. The summed E-state index contributed by atoms with van der Waals surface area (Å²) in [5.41, 5.74) is 1.31. The third-order valence-corrected chi connectivity index (χ3v) is 6.42. The molecule has 3 rings (SSSR count). The summed E-state index contributed by atoms with van der Waals surface area (Å²) in [6.45, 7) is 4.93. The van der Waals surface area contributed by atoms with Crippen LogP contribution < -0.4 is 10.2 Å². The van der Waals surface area contributed by atoms with Crippen LogP contribution in [0.15, 0.2) is 0 Å².